The summed E-state index contributed by atoms with van der Waals surface area (Å²) in [6, 6.07) is 3.49. The van der Waals surface area contributed by atoms with E-state index in [-0.39, 0.29) is 23.7 Å². The molecule has 19 heteroatoms. The summed E-state index contributed by atoms with van der Waals surface area (Å²) >= 11 is 0. The summed E-state index contributed by atoms with van der Waals surface area (Å²) in [5, 5.41) is 20.5. The molecule has 0 bridgehead atoms. The van der Waals surface area contributed by atoms with Crippen LogP contribution >= 0.6 is 0 Å². The molecule has 1 atom stereocenters. The van der Waals surface area contributed by atoms with Crippen LogP contribution in [0.5, 0.6) is 17.4 Å². The van der Waals surface area contributed by atoms with Crippen molar-refractivity contribution in [3.05, 3.63) is 39.6 Å². The van der Waals surface area contributed by atoms with Gasteiger partial charge in [0.25, 0.3) is 5.69 Å². The first-order chi connectivity index (χ1) is 21.4. The molecule has 2 aromatic rings. The third-order valence-corrected chi connectivity index (χ3v) is 11.2. The zero-order valence-electron chi connectivity index (χ0n) is 31.3. The third-order valence-electron chi connectivity index (χ3n) is 5.84. The predicted molar refractivity (Wildman–Crippen MR) is 204 cm³/mol. The Kier molecular flexibility index (Phi) is 13.2. The number of benzene rings is 1. The maximum atomic E-state index is 12.1. The second-order valence-electron chi connectivity index (χ2n) is 16.6. The minimum absolute atomic E-state index is 0.0132. The van der Waals surface area contributed by atoms with Crippen molar-refractivity contribution in [2.75, 3.05) is 11.9 Å². The summed E-state index contributed by atoms with van der Waals surface area (Å²) in [6.07, 6.45) is -0.608. The number of aromatic nitrogens is 1. The number of nitro benzene ring substituents is 1. The van der Waals surface area contributed by atoms with Gasteiger partial charge < -0.3 is 27.4 Å². The van der Waals surface area contributed by atoms with Crippen LogP contribution in [0.2, 0.25) is 98.2 Å². The van der Waals surface area contributed by atoms with E-state index in [4.69, 9.17) is 32.3 Å². The molecule has 0 saturated carbocycles. The number of nitrogens with two attached hydrogens (primary N) is 1. The Labute approximate surface area is 292 Å². The lowest BCUT2D eigenvalue weighted by molar-refractivity contribution is -0.384. The standard InChI is InChI=1S/C29H56N4O9SSi5/c1-44(2,3)38-20-25(39-45(4,5)6)26-23(19-31-22-17-16-21(43(30,36)37)18-24(22)33(34)35)32-29(42-48(13,14)15)28(41-47(10,11)12)27(26)40-46(7,8)9/h16-18,25,31H,19-20H2,1-15H3,(H2,30,36,37). The quantitative estimate of drug-likeness (QED) is 0.0918. The van der Waals surface area contributed by atoms with Gasteiger partial charge in [-0.3, -0.25) is 10.1 Å². The van der Waals surface area contributed by atoms with E-state index in [1.165, 1.54) is 12.1 Å². The molecule has 1 aromatic carbocycles. The van der Waals surface area contributed by atoms with Gasteiger partial charge in [-0.25, -0.2) is 18.5 Å². The molecule has 0 saturated heterocycles. The van der Waals surface area contributed by atoms with Crippen molar-refractivity contribution in [3.63, 3.8) is 0 Å². The van der Waals surface area contributed by atoms with Crippen molar-refractivity contribution in [1.82, 2.24) is 4.98 Å². The Hall–Kier alpha value is -2.12. The number of rotatable bonds is 17. The first-order valence-electron chi connectivity index (χ1n) is 15.9. The predicted octanol–water partition coefficient (Wildman–Crippen LogP) is 7.63. The van der Waals surface area contributed by atoms with E-state index >= 15 is 0 Å². The van der Waals surface area contributed by atoms with Crippen molar-refractivity contribution in [2.45, 2.75) is 116 Å². The number of hydrogen-bond donors (Lipinski definition) is 2. The van der Waals surface area contributed by atoms with Crippen LogP contribution in [0, 0.1) is 10.1 Å². The molecule has 0 aliphatic heterocycles. The fraction of sp³-hybridized carbons (Fsp3) is 0.621. The number of nitro groups is 1. The molecule has 3 N–H and O–H groups in total. The Bertz CT molecular complexity index is 1580. The van der Waals surface area contributed by atoms with Crippen molar-refractivity contribution in [2.24, 2.45) is 5.14 Å². The molecule has 1 unspecified atom stereocenters. The van der Waals surface area contributed by atoms with Gasteiger partial charge in [0.2, 0.25) is 46.6 Å². The van der Waals surface area contributed by atoms with E-state index in [0.717, 1.165) is 6.07 Å². The Morgan fingerprint density at radius 1 is 0.812 bits per heavy atom. The summed E-state index contributed by atoms with van der Waals surface area (Å²) in [5.41, 5.74) is 0.747. The third kappa shape index (κ3) is 14.0. The number of pyridine rings is 1. The van der Waals surface area contributed by atoms with E-state index in [1.807, 2.05) is 19.6 Å². The molecule has 2 rings (SSSR count). The first-order valence-corrected chi connectivity index (χ1v) is 34.4. The molecule has 1 aromatic heterocycles. The second-order valence-corrected chi connectivity index (χ2v) is 40.4. The highest BCUT2D eigenvalue weighted by atomic mass is 32.2. The highest BCUT2D eigenvalue weighted by molar-refractivity contribution is 7.89. The molecular formula is C29H56N4O9SSi5. The first kappa shape index (κ1) is 42.1. The van der Waals surface area contributed by atoms with Crippen LogP contribution in [-0.4, -0.2) is 66.5 Å². The number of nitrogens with one attached hydrogen (secondary N) is 1. The van der Waals surface area contributed by atoms with E-state index in [9.17, 15) is 18.5 Å². The Balaban J connectivity index is 3.05. The average Bonchev–Trinajstić information content (AvgIpc) is 2.83. The highest BCUT2D eigenvalue weighted by Crippen LogP contribution is 2.47. The SMILES string of the molecule is C[Si](C)(C)OCC(O[Si](C)(C)C)c1c(CNc2ccc(S(N)(=O)=O)cc2[N+](=O)[O-])nc(O[Si](C)(C)C)c(O[Si](C)(C)C)c1O[Si](C)(C)C. The minimum Gasteiger partial charge on any atom is -0.541 e. The lowest BCUT2D eigenvalue weighted by Gasteiger charge is -2.35. The molecular weight excluding hydrogens is 721 g/mol. The fourth-order valence-corrected chi connectivity index (χ4v) is 8.86. The molecule has 0 aliphatic rings. The van der Waals surface area contributed by atoms with E-state index in [2.05, 4.69) is 83.9 Å². The molecule has 13 nitrogen and oxygen atoms in total. The molecule has 0 aliphatic carbocycles. The van der Waals surface area contributed by atoms with Crippen LogP contribution in [0.25, 0.3) is 0 Å². The van der Waals surface area contributed by atoms with Crippen LogP contribution in [0.15, 0.2) is 23.1 Å². The van der Waals surface area contributed by atoms with Crippen molar-refractivity contribution in [1.29, 1.82) is 0 Å². The molecule has 48 heavy (non-hydrogen) atoms. The largest absolute Gasteiger partial charge is 0.541 e. The van der Waals surface area contributed by atoms with Crippen LogP contribution in [0.1, 0.15) is 17.4 Å². The second kappa shape index (κ2) is 15.0. The van der Waals surface area contributed by atoms with Gasteiger partial charge >= 0.3 is 0 Å². The molecule has 0 fully saturated rings. The summed E-state index contributed by atoms with van der Waals surface area (Å²) in [7, 11) is -15.3. The lowest BCUT2D eigenvalue weighted by atomic mass is 10.1. The normalized spacial score (nSPS) is 14.0. The average molecular weight is 777 g/mol. The van der Waals surface area contributed by atoms with Crippen LogP contribution in [0.4, 0.5) is 11.4 Å². The van der Waals surface area contributed by atoms with Gasteiger partial charge in [-0.2, -0.15) is 0 Å². The number of primary sulfonamides is 1. The zero-order chi connectivity index (χ0) is 37.3. The van der Waals surface area contributed by atoms with E-state index in [1.54, 1.807) is 0 Å². The highest BCUT2D eigenvalue weighted by Gasteiger charge is 2.38. The summed E-state index contributed by atoms with van der Waals surface area (Å²) < 4.78 is 57.5. The number of sulfonamides is 1. The van der Waals surface area contributed by atoms with Crippen LogP contribution in [-0.2, 0) is 25.4 Å². The van der Waals surface area contributed by atoms with Gasteiger partial charge in [0.05, 0.1) is 40.3 Å². The topological polar surface area (TPSA) is 174 Å². The number of nitrogens with zero attached hydrogens (tertiary/aromatic N) is 2. The molecule has 1 heterocycles. The van der Waals surface area contributed by atoms with Gasteiger partial charge in [0, 0.05) is 6.07 Å². The Morgan fingerprint density at radius 2 is 1.33 bits per heavy atom. The molecule has 0 radical (unpaired) electrons. The lowest BCUT2D eigenvalue weighted by Crippen LogP contribution is -2.38. The fourth-order valence-electron chi connectivity index (χ4n) is 4.31. The molecule has 0 spiro atoms. The monoisotopic (exact) mass is 776 g/mol. The van der Waals surface area contributed by atoms with E-state index < -0.39 is 68.3 Å². The molecule has 272 valence electrons. The maximum absolute atomic E-state index is 12.1. The van der Waals surface area contributed by atoms with Crippen molar-refractivity contribution in [3.8, 4) is 17.4 Å². The van der Waals surface area contributed by atoms with Crippen molar-refractivity contribution >= 4 is 63.0 Å². The molecule has 0 amide bonds. The summed E-state index contributed by atoms with van der Waals surface area (Å²) in [5.74, 6) is 1.21. The van der Waals surface area contributed by atoms with Crippen LogP contribution < -0.4 is 23.7 Å². The Morgan fingerprint density at radius 3 is 1.77 bits per heavy atom. The van der Waals surface area contributed by atoms with Crippen molar-refractivity contribution < 1.29 is 35.5 Å². The number of hydrogen-bond acceptors (Lipinski definition) is 11. The van der Waals surface area contributed by atoms with Gasteiger partial charge in [0.15, 0.2) is 22.4 Å². The summed E-state index contributed by atoms with van der Waals surface area (Å²) in [6.45, 7) is 31.4. The maximum Gasteiger partial charge on any atom is 0.293 e. The van der Waals surface area contributed by atoms with Crippen LogP contribution in [0.3, 0.4) is 0 Å². The number of anilines is 1. The summed E-state index contributed by atoms with van der Waals surface area (Å²) in [4.78, 5) is 16.1. The van der Waals surface area contributed by atoms with E-state index in [0.29, 0.717) is 28.6 Å². The zero-order valence-corrected chi connectivity index (χ0v) is 37.1. The van der Waals surface area contributed by atoms with Gasteiger partial charge in [0.1, 0.15) is 5.69 Å². The smallest absolute Gasteiger partial charge is 0.293 e. The van der Waals surface area contributed by atoms with Gasteiger partial charge in [-0.05, 0) is 110 Å². The van der Waals surface area contributed by atoms with Gasteiger partial charge in [-0.15, -0.1) is 0 Å². The minimum atomic E-state index is -4.17. The van der Waals surface area contributed by atoms with Gasteiger partial charge in [-0.1, -0.05) is 0 Å².